The molecule has 1 aliphatic rings. The summed E-state index contributed by atoms with van der Waals surface area (Å²) in [7, 11) is 0. The number of carbonyl (C=O) groups is 1. The van der Waals surface area contributed by atoms with Gasteiger partial charge in [0.2, 0.25) is 0 Å². The van der Waals surface area contributed by atoms with Crippen LogP contribution in [0.25, 0.3) is 0 Å². The fraction of sp³-hybridized carbons (Fsp3) is 0.562. The summed E-state index contributed by atoms with van der Waals surface area (Å²) >= 11 is 0. The molecule has 0 bridgehead atoms. The standard InChI is InChI=1S/C16H23FN2O2/c1-12(20)10-15-8-3-2-4-9-19(15)16(21)18-14-7-5-6-13(17)11-14/h5-7,11-12,15,20H,2-4,8-10H2,1H3,(H,18,21). The first-order valence-electron chi connectivity index (χ1n) is 7.57. The average molecular weight is 294 g/mol. The Bertz CT molecular complexity index is 479. The lowest BCUT2D eigenvalue weighted by Crippen LogP contribution is -2.43. The van der Waals surface area contributed by atoms with E-state index in [2.05, 4.69) is 5.32 Å². The van der Waals surface area contributed by atoms with Gasteiger partial charge in [0.25, 0.3) is 0 Å². The Morgan fingerprint density at radius 3 is 3.00 bits per heavy atom. The Morgan fingerprint density at radius 2 is 2.29 bits per heavy atom. The first-order chi connectivity index (χ1) is 10.1. The SMILES string of the molecule is CC(O)CC1CCCCCN1C(=O)Nc1cccc(F)c1. The monoisotopic (exact) mass is 294 g/mol. The van der Waals surface area contributed by atoms with Crippen LogP contribution in [0.15, 0.2) is 24.3 Å². The number of amides is 2. The third kappa shape index (κ3) is 4.70. The van der Waals surface area contributed by atoms with Gasteiger partial charge in [-0.1, -0.05) is 18.9 Å². The Hall–Kier alpha value is -1.62. The number of aliphatic hydroxyl groups excluding tert-OH is 1. The van der Waals surface area contributed by atoms with E-state index in [1.807, 2.05) is 0 Å². The van der Waals surface area contributed by atoms with Crippen molar-refractivity contribution in [3.8, 4) is 0 Å². The van der Waals surface area contributed by atoms with E-state index in [0.717, 1.165) is 25.7 Å². The first-order valence-corrected chi connectivity index (χ1v) is 7.57. The highest BCUT2D eigenvalue weighted by Gasteiger charge is 2.26. The van der Waals surface area contributed by atoms with E-state index < -0.39 is 6.10 Å². The molecular weight excluding hydrogens is 271 g/mol. The summed E-state index contributed by atoms with van der Waals surface area (Å²) in [6, 6.07) is 5.72. The van der Waals surface area contributed by atoms with Crippen LogP contribution in [0.1, 0.15) is 39.0 Å². The van der Waals surface area contributed by atoms with Crippen LogP contribution in [-0.4, -0.2) is 34.7 Å². The van der Waals surface area contributed by atoms with Gasteiger partial charge in [0.15, 0.2) is 0 Å². The molecule has 4 nitrogen and oxygen atoms in total. The predicted molar refractivity (Wildman–Crippen MR) is 80.7 cm³/mol. The molecule has 2 rings (SSSR count). The molecule has 0 radical (unpaired) electrons. The molecule has 1 fully saturated rings. The highest BCUT2D eigenvalue weighted by Crippen LogP contribution is 2.22. The zero-order valence-electron chi connectivity index (χ0n) is 12.4. The molecule has 21 heavy (non-hydrogen) atoms. The van der Waals surface area contributed by atoms with E-state index in [0.29, 0.717) is 18.7 Å². The van der Waals surface area contributed by atoms with Crippen LogP contribution in [0, 0.1) is 5.82 Å². The summed E-state index contributed by atoms with van der Waals surface area (Å²) in [4.78, 5) is 14.2. The molecular formula is C16H23FN2O2. The molecule has 1 heterocycles. The smallest absolute Gasteiger partial charge is 0.322 e. The molecule has 116 valence electrons. The molecule has 1 aromatic rings. The van der Waals surface area contributed by atoms with Crippen LogP contribution in [0.4, 0.5) is 14.9 Å². The molecule has 0 aliphatic carbocycles. The molecule has 1 aliphatic heterocycles. The van der Waals surface area contributed by atoms with Crippen LogP contribution < -0.4 is 5.32 Å². The van der Waals surface area contributed by atoms with Gasteiger partial charge < -0.3 is 15.3 Å². The summed E-state index contributed by atoms with van der Waals surface area (Å²) < 4.78 is 13.2. The summed E-state index contributed by atoms with van der Waals surface area (Å²) in [5, 5.41) is 12.4. The maximum Gasteiger partial charge on any atom is 0.322 e. The van der Waals surface area contributed by atoms with E-state index in [-0.39, 0.29) is 17.9 Å². The summed E-state index contributed by atoms with van der Waals surface area (Å²) in [5.41, 5.74) is 0.458. The van der Waals surface area contributed by atoms with Gasteiger partial charge in [-0.25, -0.2) is 9.18 Å². The Balaban J connectivity index is 2.06. The molecule has 1 saturated heterocycles. The second kappa shape index (κ2) is 7.41. The highest BCUT2D eigenvalue weighted by atomic mass is 19.1. The van der Waals surface area contributed by atoms with Gasteiger partial charge >= 0.3 is 6.03 Å². The number of likely N-dealkylation sites (tertiary alicyclic amines) is 1. The minimum atomic E-state index is -0.433. The van der Waals surface area contributed by atoms with Gasteiger partial charge in [0.1, 0.15) is 5.82 Å². The molecule has 0 saturated carbocycles. The van der Waals surface area contributed by atoms with Crippen LogP contribution in [0.5, 0.6) is 0 Å². The van der Waals surface area contributed by atoms with Gasteiger partial charge in [-0.05, 0) is 44.4 Å². The van der Waals surface area contributed by atoms with Crippen molar-refractivity contribution >= 4 is 11.7 Å². The van der Waals surface area contributed by atoms with E-state index >= 15 is 0 Å². The Labute approximate surface area is 125 Å². The fourth-order valence-electron chi connectivity index (χ4n) is 2.85. The third-order valence-corrected chi connectivity index (χ3v) is 3.83. The molecule has 2 unspecified atom stereocenters. The maximum absolute atomic E-state index is 13.2. The largest absolute Gasteiger partial charge is 0.393 e. The first kappa shape index (κ1) is 15.8. The third-order valence-electron chi connectivity index (χ3n) is 3.83. The molecule has 0 aromatic heterocycles. The lowest BCUT2D eigenvalue weighted by Gasteiger charge is -2.31. The predicted octanol–water partition coefficient (Wildman–Crippen LogP) is 3.37. The molecule has 2 N–H and O–H groups in total. The van der Waals surface area contributed by atoms with Crippen molar-refractivity contribution in [2.24, 2.45) is 0 Å². The topological polar surface area (TPSA) is 52.6 Å². The van der Waals surface area contributed by atoms with Gasteiger partial charge in [0, 0.05) is 18.3 Å². The van der Waals surface area contributed by atoms with Crippen molar-refractivity contribution in [2.75, 3.05) is 11.9 Å². The lowest BCUT2D eigenvalue weighted by molar-refractivity contribution is 0.127. The zero-order valence-corrected chi connectivity index (χ0v) is 12.4. The normalized spacial score (nSPS) is 20.7. The van der Waals surface area contributed by atoms with Crippen LogP contribution in [-0.2, 0) is 0 Å². The minimum Gasteiger partial charge on any atom is -0.393 e. The summed E-state index contributed by atoms with van der Waals surface area (Å²) in [5.74, 6) is -0.371. The summed E-state index contributed by atoms with van der Waals surface area (Å²) in [6.45, 7) is 2.42. The number of aliphatic hydroxyl groups is 1. The van der Waals surface area contributed by atoms with Crippen molar-refractivity contribution in [3.05, 3.63) is 30.1 Å². The van der Waals surface area contributed by atoms with Gasteiger partial charge in [-0.15, -0.1) is 0 Å². The molecule has 5 heteroatoms. The lowest BCUT2D eigenvalue weighted by atomic mass is 10.0. The molecule has 1 aromatic carbocycles. The number of rotatable bonds is 3. The average Bonchev–Trinajstić information content (AvgIpc) is 2.63. The van der Waals surface area contributed by atoms with Gasteiger partial charge in [-0.2, -0.15) is 0 Å². The zero-order chi connectivity index (χ0) is 15.2. The van der Waals surface area contributed by atoms with Crippen molar-refractivity contribution in [1.82, 2.24) is 4.90 Å². The fourth-order valence-corrected chi connectivity index (χ4v) is 2.85. The van der Waals surface area contributed by atoms with Crippen molar-refractivity contribution in [2.45, 2.75) is 51.2 Å². The number of hydrogen-bond donors (Lipinski definition) is 2. The minimum absolute atomic E-state index is 0.0426. The quantitative estimate of drug-likeness (QED) is 0.898. The molecule has 2 atom stereocenters. The van der Waals surface area contributed by atoms with Crippen LogP contribution in [0.2, 0.25) is 0 Å². The van der Waals surface area contributed by atoms with E-state index in [1.165, 1.54) is 12.1 Å². The van der Waals surface area contributed by atoms with Crippen molar-refractivity contribution in [1.29, 1.82) is 0 Å². The van der Waals surface area contributed by atoms with E-state index in [1.54, 1.807) is 24.0 Å². The highest BCUT2D eigenvalue weighted by molar-refractivity contribution is 5.89. The number of hydrogen-bond acceptors (Lipinski definition) is 2. The summed E-state index contributed by atoms with van der Waals surface area (Å²) in [6.07, 6.45) is 4.18. The number of halogens is 1. The van der Waals surface area contributed by atoms with Gasteiger partial charge in [-0.3, -0.25) is 0 Å². The number of urea groups is 1. The molecule has 2 amide bonds. The number of anilines is 1. The number of nitrogens with one attached hydrogen (secondary N) is 1. The second-order valence-electron chi connectivity index (χ2n) is 5.72. The molecule has 0 spiro atoms. The van der Waals surface area contributed by atoms with Crippen LogP contribution >= 0.6 is 0 Å². The number of carbonyl (C=O) groups excluding carboxylic acids is 1. The van der Waals surface area contributed by atoms with Crippen molar-refractivity contribution < 1.29 is 14.3 Å². The van der Waals surface area contributed by atoms with E-state index in [9.17, 15) is 14.3 Å². The van der Waals surface area contributed by atoms with Gasteiger partial charge in [0.05, 0.1) is 6.10 Å². The maximum atomic E-state index is 13.2. The number of nitrogens with zero attached hydrogens (tertiary/aromatic N) is 1. The van der Waals surface area contributed by atoms with Crippen LogP contribution in [0.3, 0.4) is 0 Å². The van der Waals surface area contributed by atoms with Crippen molar-refractivity contribution in [3.63, 3.8) is 0 Å². The van der Waals surface area contributed by atoms with E-state index in [4.69, 9.17) is 0 Å². The Morgan fingerprint density at radius 1 is 1.48 bits per heavy atom. The number of benzene rings is 1. The second-order valence-corrected chi connectivity index (χ2v) is 5.72. The Kier molecular flexibility index (Phi) is 5.56.